The molecule has 3 rings (SSSR count). The van der Waals surface area contributed by atoms with E-state index in [1.165, 1.54) is 29.9 Å². The van der Waals surface area contributed by atoms with E-state index in [-0.39, 0.29) is 23.2 Å². The molecule has 2 aromatic rings. The van der Waals surface area contributed by atoms with E-state index in [4.69, 9.17) is 4.74 Å². The Morgan fingerprint density at radius 3 is 2.59 bits per heavy atom. The number of pyridine rings is 1. The minimum atomic E-state index is -3.83. The average Bonchev–Trinajstić information content (AvgIpc) is 3.44. The maximum Gasteiger partial charge on any atom is 0.339 e. The van der Waals surface area contributed by atoms with Crippen LogP contribution in [0.2, 0.25) is 0 Å². The summed E-state index contributed by atoms with van der Waals surface area (Å²) in [6.45, 7) is 3.00. The molecule has 1 aliphatic rings. The molecule has 8 nitrogen and oxygen atoms in total. The molecule has 0 bridgehead atoms. The standard InChI is InChI=1S/C18H21N3O5S/c1-11-16(18(23)26-3)12(2)20-17(11)15(22)10-21(13-6-7-13)27(24,25)14-5-4-8-19-9-14/h4-5,8-9,13,20H,6-7,10H2,1-3H3. The lowest BCUT2D eigenvalue weighted by Crippen LogP contribution is -2.37. The van der Waals surface area contributed by atoms with Gasteiger partial charge in [0, 0.05) is 24.1 Å². The van der Waals surface area contributed by atoms with E-state index in [2.05, 4.69) is 9.97 Å². The number of aryl methyl sites for hydroxylation is 1. The number of nitrogens with zero attached hydrogens (tertiary/aromatic N) is 2. The first kappa shape index (κ1) is 19.2. The number of ketones is 1. The highest BCUT2D eigenvalue weighted by Gasteiger charge is 2.40. The number of hydrogen-bond acceptors (Lipinski definition) is 6. The highest BCUT2D eigenvalue weighted by atomic mass is 32.2. The number of ether oxygens (including phenoxy) is 1. The number of nitrogens with one attached hydrogen (secondary N) is 1. The van der Waals surface area contributed by atoms with Crippen molar-refractivity contribution in [1.29, 1.82) is 0 Å². The molecule has 0 unspecified atom stereocenters. The van der Waals surface area contributed by atoms with E-state index in [0.29, 0.717) is 29.7 Å². The zero-order chi connectivity index (χ0) is 19.8. The third kappa shape index (κ3) is 3.65. The number of carbonyl (C=O) groups is 2. The molecule has 0 aromatic carbocycles. The second kappa shape index (κ2) is 7.24. The smallest absolute Gasteiger partial charge is 0.339 e. The number of H-pyrrole nitrogens is 1. The topological polar surface area (TPSA) is 109 Å². The Morgan fingerprint density at radius 1 is 1.33 bits per heavy atom. The van der Waals surface area contributed by atoms with Crippen LogP contribution in [-0.2, 0) is 14.8 Å². The van der Waals surface area contributed by atoms with Gasteiger partial charge in [-0.3, -0.25) is 9.78 Å². The van der Waals surface area contributed by atoms with Gasteiger partial charge in [-0.05, 0) is 44.4 Å². The fourth-order valence-corrected chi connectivity index (χ4v) is 4.67. The summed E-state index contributed by atoms with van der Waals surface area (Å²) in [6, 6.07) is 2.80. The third-order valence-electron chi connectivity index (χ3n) is 4.60. The Balaban J connectivity index is 1.91. The van der Waals surface area contributed by atoms with Gasteiger partial charge in [-0.1, -0.05) is 0 Å². The zero-order valence-corrected chi connectivity index (χ0v) is 16.2. The van der Waals surface area contributed by atoms with Crippen LogP contribution in [0.1, 0.15) is 44.9 Å². The van der Waals surface area contributed by atoms with Crippen LogP contribution >= 0.6 is 0 Å². The monoisotopic (exact) mass is 391 g/mol. The summed E-state index contributed by atoms with van der Waals surface area (Å²) in [5.74, 6) is -0.938. The quantitative estimate of drug-likeness (QED) is 0.570. The molecule has 1 aliphatic carbocycles. The van der Waals surface area contributed by atoms with Crippen LogP contribution in [0, 0.1) is 13.8 Å². The van der Waals surface area contributed by atoms with Crippen molar-refractivity contribution in [2.75, 3.05) is 13.7 Å². The van der Waals surface area contributed by atoms with Gasteiger partial charge in [0.1, 0.15) is 4.90 Å². The Bertz CT molecular complexity index is 978. The Hall–Kier alpha value is -2.52. The van der Waals surface area contributed by atoms with Gasteiger partial charge in [-0.25, -0.2) is 13.2 Å². The third-order valence-corrected chi connectivity index (χ3v) is 6.48. The molecule has 0 radical (unpaired) electrons. The zero-order valence-electron chi connectivity index (χ0n) is 15.4. The molecule has 0 saturated heterocycles. The van der Waals surface area contributed by atoms with Crippen molar-refractivity contribution in [1.82, 2.24) is 14.3 Å². The van der Waals surface area contributed by atoms with E-state index in [9.17, 15) is 18.0 Å². The lowest BCUT2D eigenvalue weighted by molar-refractivity contribution is 0.0599. The predicted molar refractivity (Wildman–Crippen MR) is 97.1 cm³/mol. The molecular weight excluding hydrogens is 370 g/mol. The fourth-order valence-electron chi connectivity index (χ4n) is 3.07. The number of aromatic nitrogens is 2. The van der Waals surface area contributed by atoms with Gasteiger partial charge >= 0.3 is 5.97 Å². The van der Waals surface area contributed by atoms with Crippen molar-refractivity contribution in [3.63, 3.8) is 0 Å². The highest BCUT2D eigenvalue weighted by Crippen LogP contribution is 2.32. The van der Waals surface area contributed by atoms with Crippen molar-refractivity contribution in [2.45, 2.75) is 37.6 Å². The van der Waals surface area contributed by atoms with Gasteiger partial charge in [-0.15, -0.1) is 0 Å². The molecule has 0 spiro atoms. The number of esters is 1. The minimum Gasteiger partial charge on any atom is -0.465 e. The van der Waals surface area contributed by atoms with Crippen LogP contribution in [-0.4, -0.2) is 54.1 Å². The van der Waals surface area contributed by atoms with Crippen LogP contribution in [0.15, 0.2) is 29.4 Å². The van der Waals surface area contributed by atoms with E-state index < -0.39 is 21.8 Å². The summed E-state index contributed by atoms with van der Waals surface area (Å²) in [4.78, 5) is 31.6. The normalized spacial score (nSPS) is 14.4. The van der Waals surface area contributed by atoms with Crippen LogP contribution < -0.4 is 0 Å². The Morgan fingerprint density at radius 2 is 2.04 bits per heavy atom. The summed E-state index contributed by atoms with van der Waals surface area (Å²) in [5, 5.41) is 0. The SMILES string of the molecule is COC(=O)c1c(C)[nH]c(C(=O)CN(C2CC2)S(=O)(=O)c2cccnc2)c1C. The summed E-state index contributed by atoms with van der Waals surface area (Å²) in [7, 11) is -2.56. The molecule has 0 atom stereocenters. The van der Waals surface area contributed by atoms with Crippen molar-refractivity contribution in [3.8, 4) is 0 Å². The average molecular weight is 391 g/mol. The van der Waals surface area contributed by atoms with E-state index in [1.807, 2.05) is 0 Å². The van der Waals surface area contributed by atoms with E-state index >= 15 is 0 Å². The Labute approximate surface area is 157 Å². The molecule has 9 heteroatoms. The van der Waals surface area contributed by atoms with Gasteiger partial charge in [0.2, 0.25) is 10.0 Å². The number of carbonyl (C=O) groups excluding carboxylic acids is 2. The largest absolute Gasteiger partial charge is 0.465 e. The van der Waals surface area contributed by atoms with Crippen molar-refractivity contribution in [2.24, 2.45) is 0 Å². The van der Waals surface area contributed by atoms with Crippen molar-refractivity contribution < 1.29 is 22.7 Å². The molecule has 1 saturated carbocycles. The number of hydrogen-bond donors (Lipinski definition) is 1. The molecule has 2 heterocycles. The molecular formula is C18H21N3O5S. The molecule has 0 aliphatic heterocycles. The van der Waals surface area contributed by atoms with Crippen molar-refractivity contribution in [3.05, 3.63) is 47.0 Å². The lowest BCUT2D eigenvalue weighted by Gasteiger charge is -2.21. The first-order valence-electron chi connectivity index (χ1n) is 8.50. The maximum atomic E-state index is 12.9. The summed E-state index contributed by atoms with van der Waals surface area (Å²) < 4.78 is 31.9. The van der Waals surface area contributed by atoms with Gasteiger partial charge in [0.25, 0.3) is 0 Å². The second-order valence-corrected chi connectivity index (χ2v) is 8.40. The van der Waals surface area contributed by atoms with E-state index in [0.717, 1.165) is 0 Å². The molecule has 144 valence electrons. The maximum absolute atomic E-state index is 12.9. The van der Waals surface area contributed by atoms with Crippen LogP contribution in [0.25, 0.3) is 0 Å². The van der Waals surface area contributed by atoms with Gasteiger partial charge in [0.05, 0.1) is 24.9 Å². The summed E-state index contributed by atoms with van der Waals surface area (Å²) >= 11 is 0. The number of rotatable bonds is 7. The van der Waals surface area contributed by atoms with Crippen molar-refractivity contribution >= 4 is 21.8 Å². The molecule has 1 N–H and O–H groups in total. The highest BCUT2D eigenvalue weighted by molar-refractivity contribution is 7.89. The van der Waals surface area contributed by atoms with E-state index in [1.54, 1.807) is 19.9 Å². The number of methoxy groups -OCH3 is 1. The Kier molecular flexibility index (Phi) is 5.16. The molecule has 2 aromatic heterocycles. The van der Waals surface area contributed by atoms with Gasteiger partial charge in [0.15, 0.2) is 5.78 Å². The minimum absolute atomic E-state index is 0.0549. The predicted octanol–water partition coefficient (Wildman–Crippen LogP) is 1.85. The van der Waals surface area contributed by atoms with Crippen LogP contribution in [0.3, 0.4) is 0 Å². The fraction of sp³-hybridized carbons (Fsp3) is 0.389. The van der Waals surface area contributed by atoms with Crippen LogP contribution in [0.5, 0.6) is 0 Å². The summed E-state index contributed by atoms with van der Waals surface area (Å²) in [5.41, 5.74) is 1.49. The molecule has 1 fully saturated rings. The first-order chi connectivity index (χ1) is 12.8. The number of sulfonamides is 1. The van der Waals surface area contributed by atoms with Gasteiger partial charge in [-0.2, -0.15) is 4.31 Å². The second-order valence-electron chi connectivity index (χ2n) is 6.51. The first-order valence-corrected chi connectivity index (χ1v) is 9.94. The van der Waals surface area contributed by atoms with Gasteiger partial charge < -0.3 is 9.72 Å². The summed E-state index contributed by atoms with van der Waals surface area (Å²) in [6.07, 6.45) is 4.19. The lowest BCUT2D eigenvalue weighted by atomic mass is 10.1. The number of Topliss-reactive ketones (excluding diaryl/α,β-unsaturated/α-hetero) is 1. The number of aromatic amines is 1. The molecule has 27 heavy (non-hydrogen) atoms. The molecule has 0 amide bonds. The van der Waals surface area contributed by atoms with Crippen LogP contribution in [0.4, 0.5) is 0 Å².